The van der Waals surface area contributed by atoms with E-state index in [0.29, 0.717) is 17.6 Å². The van der Waals surface area contributed by atoms with Gasteiger partial charge in [-0.3, -0.25) is 5.43 Å². The molecule has 0 radical (unpaired) electrons. The molecule has 2 aromatic rings. The van der Waals surface area contributed by atoms with Crippen molar-refractivity contribution in [3.63, 3.8) is 0 Å². The molecule has 140 valence electrons. The van der Waals surface area contributed by atoms with Gasteiger partial charge >= 0.3 is 0 Å². The van der Waals surface area contributed by atoms with Crippen LogP contribution >= 0.6 is 11.3 Å². The molecule has 0 aliphatic carbocycles. The molecule has 0 spiro atoms. The topological polar surface area (TPSA) is 79.0 Å². The number of nitrogens with one attached hydrogen (secondary N) is 1. The fourth-order valence-electron chi connectivity index (χ4n) is 2.75. The zero-order chi connectivity index (χ0) is 18.2. The van der Waals surface area contributed by atoms with E-state index in [1.165, 1.54) is 11.3 Å². The Morgan fingerprint density at radius 3 is 2.88 bits per heavy atom. The number of hydrogen-bond donors (Lipinski definition) is 2. The van der Waals surface area contributed by atoms with Crippen LogP contribution in [0.5, 0.6) is 5.75 Å². The maximum atomic E-state index is 5.97. The second-order valence-electron chi connectivity index (χ2n) is 6.33. The zero-order valence-electron chi connectivity index (χ0n) is 15.1. The summed E-state index contributed by atoms with van der Waals surface area (Å²) in [6, 6.07) is 7.90. The van der Waals surface area contributed by atoms with E-state index < -0.39 is 0 Å². The van der Waals surface area contributed by atoms with E-state index in [1.54, 1.807) is 11.6 Å². The Labute approximate surface area is 158 Å². The quantitative estimate of drug-likeness (QED) is 0.419. The Kier molecular flexibility index (Phi) is 6.82. The summed E-state index contributed by atoms with van der Waals surface area (Å²) >= 11 is 1.42. The normalized spacial score (nSPS) is 16.2. The predicted octanol–water partition coefficient (Wildman–Crippen LogP) is 2.19. The molecule has 1 aromatic carbocycles. The molecule has 1 aliphatic heterocycles. The van der Waals surface area contributed by atoms with Gasteiger partial charge in [-0.2, -0.15) is 5.10 Å². The highest BCUT2D eigenvalue weighted by molar-refractivity contribution is 7.14. The second-order valence-corrected chi connectivity index (χ2v) is 7.19. The van der Waals surface area contributed by atoms with Crippen LogP contribution in [0.25, 0.3) is 0 Å². The number of ether oxygens (including phenoxy) is 1. The summed E-state index contributed by atoms with van der Waals surface area (Å²) in [5, 5.41) is 6.66. The number of para-hydroxylation sites is 1. The van der Waals surface area contributed by atoms with E-state index in [1.807, 2.05) is 24.3 Å². The van der Waals surface area contributed by atoms with Crippen LogP contribution < -0.4 is 15.9 Å². The average Bonchev–Trinajstić information content (AvgIpc) is 3.06. The van der Waals surface area contributed by atoms with Crippen LogP contribution in [-0.2, 0) is 0 Å². The summed E-state index contributed by atoms with van der Waals surface area (Å²) < 4.78 is 5.97. The van der Waals surface area contributed by atoms with Crippen molar-refractivity contribution in [2.45, 2.75) is 6.42 Å². The van der Waals surface area contributed by atoms with Crippen molar-refractivity contribution in [3.05, 3.63) is 35.2 Å². The number of hydrazone groups is 1. The third-order valence-corrected chi connectivity index (χ3v) is 5.04. The highest BCUT2D eigenvalue weighted by atomic mass is 32.1. The fraction of sp³-hybridized carbons (Fsp3) is 0.444. The van der Waals surface area contributed by atoms with Crippen LogP contribution in [0.3, 0.4) is 0 Å². The first-order valence-corrected chi connectivity index (χ1v) is 9.71. The monoisotopic (exact) mass is 374 g/mol. The highest BCUT2D eigenvalue weighted by Gasteiger charge is 2.12. The van der Waals surface area contributed by atoms with Crippen molar-refractivity contribution < 1.29 is 4.74 Å². The van der Waals surface area contributed by atoms with Gasteiger partial charge in [0, 0.05) is 43.7 Å². The number of thiazole rings is 1. The third-order valence-electron chi connectivity index (χ3n) is 4.28. The van der Waals surface area contributed by atoms with Gasteiger partial charge in [0.15, 0.2) is 0 Å². The highest BCUT2D eigenvalue weighted by Crippen LogP contribution is 2.18. The number of hydrogen-bond acceptors (Lipinski definition) is 8. The smallest absolute Gasteiger partial charge is 0.205 e. The molecule has 1 aromatic heterocycles. The van der Waals surface area contributed by atoms with Crippen LogP contribution in [0.4, 0.5) is 10.9 Å². The first-order valence-electron chi connectivity index (χ1n) is 8.83. The largest absolute Gasteiger partial charge is 0.493 e. The zero-order valence-corrected chi connectivity index (χ0v) is 15.9. The van der Waals surface area contributed by atoms with Crippen molar-refractivity contribution in [1.29, 1.82) is 0 Å². The number of likely N-dealkylation sites (N-methyl/N-ethyl adjacent to an activating group) is 1. The lowest BCUT2D eigenvalue weighted by Gasteiger charge is -2.32. The number of anilines is 2. The lowest BCUT2D eigenvalue weighted by Crippen LogP contribution is -2.44. The minimum Gasteiger partial charge on any atom is -0.493 e. The average molecular weight is 375 g/mol. The van der Waals surface area contributed by atoms with Crippen molar-refractivity contribution >= 4 is 28.5 Å². The van der Waals surface area contributed by atoms with Gasteiger partial charge < -0.3 is 20.3 Å². The Hall–Kier alpha value is -2.16. The van der Waals surface area contributed by atoms with Gasteiger partial charge in [-0.1, -0.05) is 12.1 Å². The fourth-order valence-corrected chi connectivity index (χ4v) is 3.30. The summed E-state index contributed by atoms with van der Waals surface area (Å²) in [5.41, 5.74) is 9.42. The number of aromatic nitrogens is 1. The molecule has 1 fully saturated rings. The Morgan fingerprint density at radius 1 is 1.31 bits per heavy atom. The minimum atomic E-state index is 0.497. The summed E-state index contributed by atoms with van der Waals surface area (Å²) in [4.78, 5) is 8.98. The standard InChI is InChI=1S/C18H26N6OS/c1-23-8-10-24(11-9-23)7-4-12-25-16-6-3-2-5-15(16)13-20-22-18-21-17(19)14-26-18/h2-3,5-6,13-14H,4,7-12,19H2,1H3,(H,21,22). The molecule has 0 bridgehead atoms. The van der Waals surface area contributed by atoms with Crippen molar-refractivity contribution in [3.8, 4) is 5.75 Å². The molecule has 0 saturated carbocycles. The van der Waals surface area contributed by atoms with E-state index in [9.17, 15) is 0 Å². The third kappa shape index (κ3) is 5.69. The first kappa shape index (κ1) is 18.6. The van der Waals surface area contributed by atoms with Gasteiger partial charge in [-0.15, -0.1) is 11.3 Å². The van der Waals surface area contributed by atoms with Gasteiger partial charge in [0.2, 0.25) is 5.13 Å². The van der Waals surface area contributed by atoms with Gasteiger partial charge in [-0.25, -0.2) is 4.98 Å². The van der Waals surface area contributed by atoms with Crippen LogP contribution in [0.2, 0.25) is 0 Å². The molecule has 7 nitrogen and oxygen atoms in total. The first-order chi connectivity index (χ1) is 12.7. The molecule has 0 amide bonds. The van der Waals surface area contributed by atoms with E-state index in [-0.39, 0.29) is 0 Å². The van der Waals surface area contributed by atoms with E-state index in [4.69, 9.17) is 10.5 Å². The Bertz CT molecular complexity index is 711. The number of nitrogens with zero attached hydrogens (tertiary/aromatic N) is 4. The molecule has 1 aliphatic rings. The van der Waals surface area contributed by atoms with Gasteiger partial charge in [0.25, 0.3) is 0 Å². The molecule has 2 heterocycles. The number of piperazine rings is 1. The van der Waals surface area contributed by atoms with Crippen LogP contribution in [0.15, 0.2) is 34.7 Å². The lowest BCUT2D eigenvalue weighted by molar-refractivity contribution is 0.145. The summed E-state index contributed by atoms with van der Waals surface area (Å²) in [5.74, 6) is 1.34. The van der Waals surface area contributed by atoms with Gasteiger partial charge in [0.1, 0.15) is 11.6 Å². The Balaban J connectivity index is 1.44. The number of nitrogens with two attached hydrogens (primary N) is 1. The second kappa shape index (κ2) is 9.51. The molecule has 26 heavy (non-hydrogen) atoms. The van der Waals surface area contributed by atoms with Crippen LogP contribution in [0.1, 0.15) is 12.0 Å². The van der Waals surface area contributed by atoms with E-state index in [0.717, 1.165) is 50.5 Å². The molecule has 3 rings (SSSR count). The molecule has 1 saturated heterocycles. The van der Waals surface area contributed by atoms with Gasteiger partial charge in [0.05, 0.1) is 12.8 Å². The van der Waals surface area contributed by atoms with E-state index >= 15 is 0 Å². The molecular formula is C18H26N6OS. The SMILES string of the molecule is CN1CCN(CCCOc2ccccc2C=NNc2nc(N)cs2)CC1. The summed E-state index contributed by atoms with van der Waals surface area (Å²) in [6.45, 7) is 6.37. The lowest BCUT2D eigenvalue weighted by atomic mass is 10.2. The number of nitrogen functional groups attached to an aromatic ring is 1. The van der Waals surface area contributed by atoms with Crippen LogP contribution in [0, 0.1) is 0 Å². The van der Waals surface area contributed by atoms with E-state index in [2.05, 4.69) is 32.4 Å². The molecule has 0 unspecified atom stereocenters. The minimum absolute atomic E-state index is 0.497. The predicted molar refractivity (Wildman–Crippen MR) is 108 cm³/mol. The molecular weight excluding hydrogens is 348 g/mol. The maximum Gasteiger partial charge on any atom is 0.205 e. The van der Waals surface area contributed by atoms with Crippen LogP contribution in [-0.4, -0.2) is 67.4 Å². The summed E-state index contributed by atoms with van der Waals surface area (Å²) in [6.07, 6.45) is 2.76. The van der Waals surface area contributed by atoms with Crippen molar-refractivity contribution in [2.24, 2.45) is 5.10 Å². The van der Waals surface area contributed by atoms with Crippen molar-refractivity contribution in [2.75, 3.05) is 57.5 Å². The van der Waals surface area contributed by atoms with Crippen molar-refractivity contribution in [1.82, 2.24) is 14.8 Å². The number of rotatable bonds is 8. The molecule has 0 atom stereocenters. The molecule has 3 N–H and O–H groups in total. The summed E-state index contributed by atoms with van der Waals surface area (Å²) in [7, 11) is 2.18. The molecule has 8 heteroatoms. The maximum absolute atomic E-state index is 5.97. The number of benzene rings is 1. The van der Waals surface area contributed by atoms with Gasteiger partial charge in [-0.05, 0) is 25.6 Å². The Morgan fingerprint density at radius 2 is 2.12 bits per heavy atom.